The van der Waals surface area contributed by atoms with Crippen LogP contribution in [0.25, 0.3) is 0 Å². The molecule has 6 heteroatoms. The first-order valence-electron chi connectivity index (χ1n) is 13.1. The van der Waals surface area contributed by atoms with Crippen LogP contribution in [0.3, 0.4) is 0 Å². The van der Waals surface area contributed by atoms with Crippen LogP contribution in [0.1, 0.15) is 96.4 Å². The summed E-state index contributed by atoms with van der Waals surface area (Å²) < 4.78 is 33.2. The van der Waals surface area contributed by atoms with Crippen molar-refractivity contribution in [2.75, 3.05) is 46.2 Å². The zero-order chi connectivity index (χ0) is 25.6. The predicted octanol–water partition coefficient (Wildman–Crippen LogP) is 6.78. The first-order valence-corrected chi connectivity index (χ1v) is 13.1. The molecule has 0 aromatic rings. The van der Waals surface area contributed by atoms with Crippen molar-refractivity contribution < 1.29 is 28.4 Å². The second-order valence-corrected chi connectivity index (χ2v) is 10.2. The van der Waals surface area contributed by atoms with Crippen molar-refractivity contribution in [1.29, 1.82) is 0 Å². The van der Waals surface area contributed by atoms with Crippen LogP contribution >= 0.6 is 0 Å². The highest BCUT2D eigenvalue weighted by molar-refractivity contribution is 4.54. The van der Waals surface area contributed by atoms with E-state index in [9.17, 15) is 0 Å². The van der Waals surface area contributed by atoms with E-state index < -0.39 is 0 Å². The van der Waals surface area contributed by atoms with Crippen LogP contribution in [0.15, 0.2) is 0 Å². The molecule has 34 heavy (non-hydrogen) atoms. The molecule has 0 bridgehead atoms. The third-order valence-electron chi connectivity index (χ3n) is 4.42. The minimum atomic E-state index is 0. The van der Waals surface area contributed by atoms with Crippen molar-refractivity contribution in [2.24, 2.45) is 11.8 Å². The van der Waals surface area contributed by atoms with Gasteiger partial charge in [0.2, 0.25) is 0 Å². The van der Waals surface area contributed by atoms with Gasteiger partial charge in [0.25, 0.3) is 0 Å². The van der Waals surface area contributed by atoms with Crippen LogP contribution in [-0.4, -0.2) is 76.8 Å². The number of rotatable bonds is 20. The molecule has 0 radical (unpaired) electrons. The van der Waals surface area contributed by atoms with E-state index in [1.807, 2.05) is 41.5 Å². The fraction of sp³-hybridized carbons (Fsp3) is 1.00. The lowest BCUT2D eigenvalue weighted by atomic mass is 10.1. The average Bonchev–Trinajstić information content (AvgIpc) is 2.67. The zero-order valence-electron chi connectivity index (χ0n) is 23.9. The van der Waals surface area contributed by atoms with Gasteiger partial charge in [0.1, 0.15) is 0 Å². The third-order valence-corrected chi connectivity index (χ3v) is 4.42. The van der Waals surface area contributed by atoms with Gasteiger partial charge in [-0.15, -0.1) is 0 Å². The monoisotopic (exact) mass is 494 g/mol. The van der Waals surface area contributed by atoms with E-state index in [0.29, 0.717) is 57.6 Å². The fourth-order valence-electron chi connectivity index (χ4n) is 2.94. The van der Waals surface area contributed by atoms with Gasteiger partial charge in [-0.1, -0.05) is 35.1 Å². The van der Waals surface area contributed by atoms with E-state index in [4.69, 9.17) is 28.4 Å². The van der Waals surface area contributed by atoms with Crippen molar-refractivity contribution in [1.82, 2.24) is 0 Å². The van der Waals surface area contributed by atoms with Gasteiger partial charge in [-0.25, -0.2) is 0 Å². The van der Waals surface area contributed by atoms with Crippen LogP contribution in [0.5, 0.6) is 0 Å². The lowest BCUT2D eigenvalue weighted by Crippen LogP contribution is -2.22. The van der Waals surface area contributed by atoms with Crippen LogP contribution in [-0.2, 0) is 28.4 Å². The minimum Gasteiger partial charge on any atom is -0.379 e. The van der Waals surface area contributed by atoms with Crippen LogP contribution in [0.2, 0.25) is 0 Å². The Bertz CT molecular complexity index is 353. The Morgan fingerprint density at radius 3 is 1.50 bits per heavy atom. The average molecular weight is 495 g/mol. The summed E-state index contributed by atoms with van der Waals surface area (Å²) in [6.45, 7) is 27.9. The van der Waals surface area contributed by atoms with Crippen molar-refractivity contribution >= 4 is 0 Å². The minimum absolute atomic E-state index is 0. The highest BCUT2D eigenvalue weighted by atomic mass is 16.6. The van der Waals surface area contributed by atoms with Gasteiger partial charge in [-0.05, 0) is 73.1 Å². The SMILES string of the molecule is C.CC(C)CC(C)OCCOCC(C)OC(C)C.CC(C)CCOCC(C)OCCOC(C)C. The predicted molar refractivity (Wildman–Crippen MR) is 145 cm³/mol. The molecule has 3 atom stereocenters. The van der Waals surface area contributed by atoms with Gasteiger partial charge in [0, 0.05) is 6.61 Å². The molecular weight excluding hydrogens is 432 g/mol. The summed E-state index contributed by atoms with van der Waals surface area (Å²) >= 11 is 0. The van der Waals surface area contributed by atoms with Gasteiger partial charge in [0.15, 0.2) is 0 Å². The Morgan fingerprint density at radius 2 is 0.971 bits per heavy atom. The molecule has 0 aromatic heterocycles. The molecule has 0 saturated carbocycles. The standard InChI is InChI=1S/C14H30O3.C13H28O3.CH4/c1-11(2)9-13(5)16-8-7-15-10-14(6)17-12(3)4;1-11(2)6-7-14-10-13(5)16-9-8-15-12(3)4;/h11-14H,7-10H2,1-6H3;11-13H,6-10H2,1-5H3;1H4. The first kappa shape index (κ1) is 38.3. The Hall–Kier alpha value is -0.240. The fourth-order valence-corrected chi connectivity index (χ4v) is 2.94. The quantitative estimate of drug-likeness (QED) is 0.174. The van der Waals surface area contributed by atoms with Crippen molar-refractivity contribution in [3.63, 3.8) is 0 Å². The maximum atomic E-state index is 5.65. The van der Waals surface area contributed by atoms with Gasteiger partial charge >= 0.3 is 0 Å². The van der Waals surface area contributed by atoms with Crippen molar-refractivity contribution in [3.8, 4) is 0 Å². The van der Waals surface area contributed by atoms with E-state index in [1.54, 1.807) is 0 Å². The van der Waals surface area contributed by atoms with Gasteiger partial charge in [-0.2, -0.15) is 0 Å². The number of hydrogen-bond donors (Lipinski definition) is 0. The molecule has 0 spiro atoms. The van der Waals surface area contributed by atoms with Gasteiger partial charge in [-0.3, -0.25) is 0 Å². The summed E-state index contributed by atoms with van der Waals surface area (Å²) in [4.78, 5) is 0. The molecule has 0 rings (SSSR count). The number of ether oxygens (including phenoxy) is 6. The highest BCUT2D eigenvalue weighted by Gasteiger charge is 2.07. The Morgan fingerprint density at radius 1 is 0.471 bits per heavy atom. The Balaban J connectivity index is -0.000000550. The van der Waals surface area contributed by atoms with Crippen molar-refractivity contribution in [2.45, 2.75) is 127 Å². The molecule has 6 nitrogen and oxygen atoms in total. The van der Waals surface area contributed by atoms with Crippen molar-refractivity contribution in [3.05, 3.63) is 0 Å². The molecule has 0 aliphatic heterocycles. The summed E-state index contributed by atoms with van der Waals surface area (Å²) in [5.41, 5.74) is 0. The van der Waals surface area contributed by atoms with E-state index in [0.717, 1.165) is 19.4 Å². The highest BCUT2D eigenvalue weighted by Crippen LogP contribution is 2.07. The molecule has 3 unspecified atom stereocenters. The molecule has 0 fully saturated rings. The maximum absolute atomic E-state index is 5.65. The van der Waals surface area contributed by atoms with Gasteiger partial charge in [0.05, 0.1) is 70.2 Å². The lowest BCUT2D eigenvalue weighted by molar-refractivity contribution is -0.0526. The second-order valence-electron chi connectivity index (χ2n) is 10.2. The molecular formula is C28H62O6. The zero-order valence-corrected chi connectivity index (χ0v) is 23.9. The van der Waals surface area contributed by atoms with E-state index in [1.165, 1.54) is 0 Å². The smallest absolute Gasteiger partial charge is 0.0783 e. The van der Waals surface area contributed by atoms with Crippen LogP contribution in [0, 0.1) is 11.8 Å². The molecule has 0 N–H and O–H groups in total. The molecule has 0 heterocycles. The Labute approximate surface area is 213 Å². The number of hydrogen-bond acceptors (Lipinski definition) is 6. The summed E-state index contributed by atoms with van der Waals surface area (Å²) in [6, 6.07) is 0. The van der Waals surface area contributed by atoms with Crippen LogP contribution < -0.4 is 0 Å². The molecule has 210 valence electrons. The second kappa shape index (κ2) is 25.8. The maximum Gasteiger partial charge on any atom is 0.0783 e. The molecule has 0 aliphatic rings. The van der Waals surface area contributed by atoms with E-state index in [-0.39, 0.29) is 31.8 Å². The normalized spacial score (nSPS) is 14.2. The topological polar surface area (TPSA) is 55.4 Å². The molecule has 0 amide bonds. The molecule has 0 aliphatic carbocycles. The molecule has 0 saturated heterocycles. The third kappa shape index (κ3) is 33.9. The Kier molecular flexibility index (Phi) is 29.1. The molecule has 0 aromatic carbocycles. The summed E-state index contributed by atoms with van der Waals surface area (Å²) in [5.74, 6) is 1.39. The first-order chi connectivity index (χ1) is 15.4. The summed E-state index contributed by atoms with van der Waals surface area (Å²) in [6.07, 6.45) is 3.39. The van der Waals surface area contributed by atoms with E-state index >= 15 is 0 Å². The largest absolute Gasteiger partial charge is 0.379 e. The van der Waals surface area contributed by atoms with Gasteiger partial charge < -0.3 is 28.4 Å². The summed E-state index contributed by atoms with van der Waals surface area (Å²) in [5, 5.41) is 0. The lowest BCUT2D eigenvalue weighted by Gasteiger charge is -2.17. The van der Waals surface area contributed by atoms with Crippen LogP contribution in [0.4, 0.5) is 0 Å². The summed E-state index contributed by atoms with van der Waals surface area (Å²) in [7, 11) is 0. The van der Waals surface area contributed by atoms with E-state index in [2.05, 4.69) is 34.6 Å².